The molecule has 0 radical (unpaired) electrons. The van der Waals surface area contributed by atoms with Gasteiger partial charge in [0.15, 0.2) is 22.9 Å². The van der Waals surface area contributed by atoms with Crippen LogP contribution in [0.25, 0.3) is 40.1 Å². The Balaban J connectivity index is 1.56. The standard InChI is InChI=1S/C23H18N8O2/c1-32-22-16(20-24-18(26-30(20)28-22)14-9-5-3-6-10-14)13-17-21-25-19(15-11-7-4-8-12-15)27-31(21)29-23(17)33-2/h3-13H,1-2H3,(H,24,26)/b17-13+. The smallest absolute Gasteiger partial charge is 0.244 e. The summed E-state index contributed by atoms with van der Waals surface area (Å²) in [6.45, 7) is 0. The van der Waals surface area contributed by atoms with Crippen LogP contribution in [0.1, 0.15) is 5.56 Å². The summed E-state index contributed by atoms with van der Waals surface area (Å²) < 4.78 is 14.0. The van der Waals surface area contributed by atoms with Gasteiger partial charge in [-0.25, -0.2) is 4.98 Å². The molecule has 0 amide bonds. The van der Waals surface area contributed by atoms with E-state index in [1.54, 1.807) is 14.2 Å². The van der Waals surface area contributed by atoms with Gasteiger partial charge in [0.05, 0.1) is 25.0 Å². The van der Waals surface area contributed by atoms with Crippen LogP contribution in [0.15, 0.2) is 60.7 Å². The summed E-state index contributed by atoms with van der Waals surface area (Å²) in [5.74, 6) is 2.09. The number of methoxy groups -OCH3 is 2. The molecule has 10 heteroatoms. The number of H-pyrrole nitrogens is 1. The number of rotatable bonds is 5. The minimum Gasteiger partial charge on any atom is -0.479 e. The summed E-state index contributed by atoms with van der Waals surface area (Å²) >= 11 is 0. The zero-order chi connectivity index (χ0) is 22.4. The summed E-state index contributed by atoms with van der Waals surface area (Å²) in [6.07, 6.45) is 1.87. The number of hydrogen-bond acceptors (Lipinski definition) is 7. The molecule has 4 heterocycles. The van der Waals surface area contributed by atoms with E-state index in [-0.39, 0.29) is 0 Å². The third-order valence-corrected chi connectivity index (χ3v) is 5.30. The van der Waals surface area contributed by atoms with Gasteiger partial charge in [0, 0.05) is 11.1 Å². The normalized spacial score (nSPS) is 12.1. The van der Waals surface area contributed by atoms with Crippen LogP contribution >= 0.6 is 0 Å². The van der Waals surface area contributed by atoms with Gasteiger partial charge in [0.1, 0.15) is 0 Å². The summed E-state index contributed by atoms with van der Waals surface area (Å²) in [5.41, 5.74) is 3.79. The van der Waals surface area contributed by atoms with Crippen molar-refractivity contribution in [3.63, 3.8) is 0 Å². The van der Waals surface area contributed by atoms with Crippen molar-refractivity contribution in [2.75, 3.05) is 14.2 Å². The van der Waals surface area contributed by atoms with Gasteiger partial charge in [-0.3, -0.25) is 0 Å². The maximum Gasteiger partial charge on any atom is 0.244 e. The quantitative estimate of drug-likeness (QED) is 0.440. The third-order valence-electron chi connectivity index (χ3n) is 5.30. The van der Waals surface area contributed by atoms with Gasteiger partial charge < -0.3 is 14.5 Å². The number of aromatic amines is 1. The fourth-order valence-corrected chi connectivity index (χ4v) is 3.74. The van der Waals surface area contributed by atoms with Gasteiger partial charge in [-0.2, -0.15) is 0 Å². The van der Waals surface area contributed by atoms with E-state index >= 15 is 0 Å². The number of aromatic nitrogens is 8. The fraction of sp³-hybridized carbons (Fsp3) is 0.0870. The molecule has 162 valence electrons. The number of fused-ring (bicyclic) bond motifs is 2. The van der Waals surface area contributed by atoms with Gasteiger partial charge in [-0.1, -0.05) is 60.7 Å². The first-order valence-electron chi connectivity index (χ1n) is 10.2. The van der Waals surface area contributed by atoms with Crippen LogP contribution < -0.4 is 14.7 Å². The lowest BCUT2D eigenvalue weighted by molar-refractivity contribution is 0.389. The molecule has 2 aromatic carbocycles. The first kappa shape index (κ1) is 19.0. The zero-order valence-electron chi connectivity index (χ0n) is 17.8. The van der Waals surface area contributed by atoms with Crippen LogP contribution in [-0.2, 0) is 0 Å². The lowest BCUT2D eigenvalue weighted by atomic mass is 10.2. The van der Waals surface area contributed by atoms with E-state index in [2.05, 4.69) is 25.4 Å². The molecule has 6 rings (SSSR count). The highest BCUT2D eigenvalue weighted by Crippen LogP contribution is 2.25. The molecule has 6 aromatic rings. The summed E-state index contributed by atoms with van der Waals surface area (Å²) in [6, 6.07) is 19.6. The van der Waals surface area contributed by atoms with Crippen molar-refractivity contribution in [2.45, 2.75) is 0 Å². The minimum absolute atomic E-state index is 0.397. The molecule has 0 bridgehead atoms. The molecular formula is C23H18N8O2. The summed E-state index contributed by atoms with van der Waals surface area (Å²) in [4.78, 5) is 8.04. The van der Waals surface area contributed by atoms with Gasteiger partial charge >= 0.3 is 0 Å². The van der Waals surface area contributed by atoms with E-state index in [9.17, 15) is 0 Å². The highest BCUT2D eigenvalue weighted by Gasteiger charge is 2.20. The van der Waals surface area contributed by atoms with E-state index < -0.39 is 0 Å². The molecule has 10 nitrogen and oxygen atoms in total. The van der Waals surface area contributed by atoms with Crippen LogP contribution in [0.5, 0.6) is 11.8 Å². The van der Waals surface area contributed by atoms with E-state index in [0.717, 1.165) is 11.1 Å². The van der Waals surface area contributed by atoms with E-state index in [0.29, 0.717) is 45.5 Å². The lowest BCUT2D eigenvalue weighted by Gasteiger charge is -1.97. The molecule has 33 heavy (non-hydrogen) atoms. The summed E-state index contributed by atoms with van der Waals surface area (Å²) in [7, 11) is 3.13. The second-order valence-corrected chi connectivity index (χ2v) is 7.28. The average molecular weight is 438 g/mol. The van der Waals surface area contributed by atoms with Gasteiger partial charge in [0.25, 0.3) is 0 Å². The van der Waals surface area contributed by atoms with Crippen LogP contribution in [0, 0.1) is 0 Å². The zero-order valence-corrected chi connectivity index (χ0v) is 17.8. The minimum atomic E-state index is 0.397. The number of nitrogens with one attached hydrogen (secondary N) is 1. The molecule has 0 aliphatic rings. The molecule has 0 atom stereocenters. The number of ether oxygens (including phenoxy) is 2. The Hall–Kier alpha value is -4.73. The Labute approximate surface area is 187 Å². The molecule has 0 aliphatic heterocycles. The molecule has 0 saturated carbocycles. The number of hydrogen-bond donors (Lipinski definition) is 1. The Morgan fingerprint density at radius 1 is 0.758 bits per heavy atom. The topological polar surface area (TPSA) is 108 Å². The van der Waals surface area contributed by atoms with Crippen molar-refractivity contribution in [3.05, 3.63) is 71.4 Å². The molecular weight excluding hydrogens is 420 g/mol. The van der Waals surface area contributed by atoms with Gasteiger partial charge in [-0.15, -0.1) is 29.7 Å². The lowest BCUT2D eigenvalue weighted by Crippen LogP contribution is -2.04. The average Bonchev–Trinajstić information content (AvgIpc) is 3.60. The Kier molecular flexibility index (Phi) is 4.29. The highest BCUT2D eigenvalue weighted by atomic mass is 16.5. The second kappa shape index (κ2) is 7.45. The Morgan fingerprint density at radius 2 is 1.42 bits per heavy atom. The van der Waals surface area contributed by atoms with E-state index in [1.807, 2.05) is 66.7 Å². The molecule has 0 unspecified atom stereocenters. The SMILES string of the molecule is COc1nn2nc(-c3ccccc3)[nH]c2c1/C=c1/c(OC)nn2nc(-c3ccccc3)nc12. The molecule has 0 spiro atoms. The fourth-order valence-electron chi connectivity index (χ4n) is 3.74. The molecule has 1 N–H and O–H groups in total. The van der Waals surface area contributed by atoms with Crippen molar-refractivity contribution < 1.29 is 9.47 Å². The van der Waals surface area contributed by atoms with Crippen LogP contribution in [-0.4, -0.2) is 53.8 Å². The van der Waals surface area contributed by atoms with Crippen LogP contribution in [0.4, 0.5) is 0 Å². The van der Waals surface area contributed by atoms with Gasteiger partial charge in [0.2, 0.25) is 11.8 Å². The monoisotopic (exact) mass is 438 g/mol. The maximum absolute atomic E-state index is 5.52. The van der Waals surface area contributed by atoms with Crippen molar-refractivity contribution >= 4 is 17.4 Å². The first-order chi connectivity index (χ1) is 16.2. The largest absolute Gasteiger partial charge is 0.479 e. The van der Waals surface area contributed by atoms with Crippen molar-refractivity contribution in [1.82, 2.24) is 39.6 Å². The Morgan fingerprint density at radius 3 is 2.12 bits per heavy atom. The van der Waals surface area contributed by atoms with Gasteiger partial charge in [-0.05, 0) is 6.08 Å². The number of nitrogens with zero attached hydrogens (tertiary/aromatic N) is 7. The van der Waals surface area contributed by atoms with Crippen LogP contribution in [0.2, 0.25) is 0 Å². The molecule has 0 fully saturated rings. The third kappa shape index (κ3) is 3.07. The summed E-state index contributed by atoms with van der Waals surface area (Å²) in [5, 5.41) is 18.6. The maximum atomic E-state index is 5.52. The molecule has 0 saturated heterocycles. The molecule has 4 aromatic heterocycles. The predicted molar refractivity (Wildman–Crippen MR) is 121 cm³/mol. The van der Waals surface area contributed by atoms with E-state index in [1.165, 1.54) is 9.26 Å². The highest BCUT2D eigenvalue weighted by molar-refractivity contribution is 5.75. The second-order valence-electron chi connectivity index (χ2n) is 7.28. The van der Waals surface area contributed by atoms with Crippen molar-refractivity contribution in [3.8, 4) is 34.5 Å². The van der Waals surface area contributed by atoms with Crippen LogP contribution in [0.3, 0.4) is 0 Å². The first-order valence-corrected chi connectivity index (χ1v) is 10.2. The Bertz CT molecular complexity index is 1630. The molecule has 0 aliphatic carbocycles. The van der Waals surface area contributed by atoms with Crippen molar-refractivity contribution in [1.29, 1.82) is 0 Å². The predicted octanol–water partition coefficient (Wildman–Crippen LogP) is 2.39. The van der Waals surface area contributed by atoms with Crippen molar-refractivity contribution in [2.24, 2.45) is 0 Å². The van der Waals surface area contributed by atoms with E-state index in [4.69, 9.17) is 14.5 Å². The number of benzene rings is 2.